The Morgan fingerprint density at radius 2 is 1.83 bits per heavy atom. The van der Waals surface area contributed by atoms with E-state index in [2.05, 4.69) is 10.3 Å². The van der Waals surface area contributed by atoms with Gasteiger partial charge in [-0.1, -0.05) is 48.0 Å². The molecule has 5 nitrogen and oxygen atoms in total. The number of anilines is 1. The van der Waals surface area contributed by atoms with Gasteiger partial charge in [0.25, 0.3) is 11.5 Å². The molecule has 0 bridgehead atoms. The lowest BCUT2D eigenvalue weighted by Crippen LogP contribution is -2.29. The summed E-state index contributed by atoms with van der Waals surface area (Å²) in [6.45, 7) is 1.83. The molecule has 4 rings (SSSR count). The first kappa shape index (κ1) is 19.2. The smallest absolute Gasteiger partial charge is 0.261 e. The van der Waals surface area contributed by atoms with Crippen LogP contribution in [0.3, 0.4) is 0 Å². The minimum absolute atomic E-state index is 0.0145. The predicted octanol–water partition coefficient (Wildman–Crippen LogP) is 4.50. The Morgan fingerprint density at radius 3 is 2.59 bits per heavy atom. The molecule has 0 aliphatic heterocycles. The molecule has 0 unspecified atom stereocenters. The van der Waals surface area contributed by atoms with Gasteiger partial charge in [0.1, 0.15) is 5.56 Å². The quantitative estimate of drug-likeness (QED) is 0.672. The fraction of sp³-hybridized carbons (Fsp3) is 0.174. The summed E-state index contributed by atoms with van der Waals surface area (Å²) < 4.78 is 0. The molecular formula is C23H19ClN2O3. The Bertz CT molecular complexity index is 1170. The molecule has 1 amide bonds. The van der Waals surface area contributed by atoms with E-state index >= 15 is 0 Å². The van der Waals surface area contributed by atoms with E-state index in [1.165, 1.54) is 6.07 Å². The molecule has 1 heterocycles. The van der Waals surface area contributed by atoms with Crippen molar-refractivity contribution >= 4 is 29.0 Å². The number of pyridine rings is 1. The lowest BCUT2D eigenvalue weighted by molar-refractivity contribution is 0.0963. The number of ketones is 1. The zero-order chi connectivity index (χ0) is 20.5. The van der Waals surface area contributed by atoms with Gasteiger partial charge >= 0.3 is 0 Å². The van der Waals surface area contributed by atoms with Gasteiger partial charge in [-0.25, -0.2) is 0 Å². The summed E-state index contributed by atoms with van der Waals surface area (Å²) >= 11 is 5.99. The van der Waals surface area contributed by atoms with Crippen molar-refractivity contribution in [1.82, 2.24) is 4.98 Å². The minimum Gasteiger partial charge on any atom is -0.325 e. The molecule has 1 aromatic heterocycles. The van der Waals surface area contributed by atoms with Crippen molar-refractivity contribution in [2.75, 3.05) is 5.32 Å². The van der Waals surface area contributed by atoms with E-state index in [-0.39, 0.29) is 17.3 Å². The standard InChI is InChI=1S/C23H19ClN2O3/c1-13-7-8-16(24)11-19(13)25-22(28)18-12-17-20(26-23(18)29)9-15(10-21(17)27)14-5-3-2-4-6-14/h2-8,11-12,15H,9-10H2,1H3,(H,25,28)(H,26,29)/t15-/m1/s1. The average molecular weight is 407 g/mol. The van der Waals surface area contributed by atoms with E-state index in [1.807, 2.05) is 37.3 Å². The first-order valence-electron chi connectivity index (χ1n) is 9.34. The van der Waals surface area contributed by atoms with Gasteiger partial charge in [0.2, 0.25) is 0 Å². The zero-order valence-corrected chi connectivity index (χ0v) is 16.5. The van der Waals surface area contributed by atoms with E-state index in [1.54, 1.807) is 18.2 Å². The molecule has 0 fully saturated rings. The minimum atomic E-state index is -0.572. The number of H-pyrrole nitrogens is 1. The largest absolute Gasteiger partial charge is 0.325 e. The van der Waals surface area contributed by atoms with E-state index < -0.39 is 11.5 Å². The highest BCUT2D eigenvalue weighted by molar-refractivity contribution is 6.31. The number of fused-ring (bicyclic) bond motifs is 1. The second-order valence-corrected chi connectivity index (χ2v) is 7.69. The Labute approximate surface area is 172 Å². The van der Waals surface area contributed by atoms with Crippen molar-refractivity contribution in [2.24, 2.45) is 0 Å². The molecule has 29 heavy (non-hydrogen) atoms. The fourth-order valence-electron chi connectivity index (χ4n) is 3.68. The number of carbonyl (C=O) groups excluding carboxylic acids is 2. The van der Waals surface area contributed by atoms with Crippen LogP contribution in [0, 0.1) is 6.92 Å². The lowest BCUT2D eigenvalue weighted by atomic mass is 9.81. The first-order valence-corrected chi connectivity index (χ1v) is 9.72. The van der Waals surface area contributed by atoms with Crippen LogP contribution in [0.5, 0.6) is 0 Å². The van der Waals surface area contributed by atoms with Crippen LogP contribution in [0.15, 0.2) is 59.4 Å². The van der Waals surface area contributed by atoms with Crippen molar-refractivity contribution < 1.29 is 9.59 Å². The fourth-order valence-corrected chi connectivity index (χ4v) is 3.85. The second kappa shape index (κ2) is 7.68. The van der Waals surface area contributed by atoms with Gasteiger partial charge < -0.3 is 10.3 Å². The molecule has 2 aromatic carbocycles. The van der Waals surface area contributed by atoms with E-state index in [4.69, 9.17) is 11.6 Å². The van der Waals surface area contributed by atoms with E-state index in [0.717, 1.165) is 11.1 Å². The Kier molecular flexibility index (Phi) is 5.07. The highest BCUT2D eigenvalue weighted by atomic mass is 35.5. The molecule has 1 aliphatic carbocycles. The molecule has 146 valence electrons. The van der Waals surface area contributed by atoms with Gasteiger partial charge in [-0.15, -0.1) is 0 Å². The number of halogens is 1. The predicted molar refractivity (Wildman–Crippen MR) is 113 cm³/mol. The van der Waals surface area contributed by atoms with Crippen LogP contribution >= 0.6 is 11.6 Å². The third kappa shape index (κ3) is 3.87. The van der Waals surface area contributed by atoms with Gasteiger partial charge in [0, 0.05) is 28.4 Å². The maximum absolute atomic E-state index is 12.7. The zero-order valence-electron chi connectivity index (χ0n) is 15.8. The van der Waals surface area contributed by atoms with E-state index in [9.17, 15) is 14.4 Å². The van der Waals surface area contributed by atoms with Crippen LogP contribution in [0.2, 0.25) is 5.02 Å². The number of aryl methyl sites for hydroxylation is 1. The highest BCUT2D eigenvalue weighted by Crippen LogP contribution is 2.31. The number of Topliss-reactive ketones (excluding diaryl/α,β-unsaturated/α-hetero) is 1. The molecule has 0 saturated carbocycles. The average Bonchev–Trinajstić information content (AvgIpc) is 2.70. The Balaban J connectivity index is 1.64. The third-order valence-electron chi connectivity index (χ3n) is 5.27. The number of amides is 1. The number of benzene rings is 2. The van der Waals surface area contributed by atoms with Crippen LogP contribution in [0.25, 0.3) is 0 Å². The van der Waals surface area contributed by atoms with Crippen molar-refractivity contribution in [3.05, 3.63) is 97.9 Å². The first-order chi connectivity index (χ1) is 13.9. The van der Waals surface area contributed by atoms with Gasteiger partial charge in [0.15, 0.2) is 5.78 Å². The van der Waals surface area contributed by atoms with Crippen LogP contribution in [0.1, 0.15) is 49.9 Å². The number of aromatic nitrogens is 1. The van der Waals surface area contributed by atoms with Gasteiger partial charge in [-0.05, 0) is 48.6 Å². The van der Waals surface area contributed by atoms with Gasteiger partial charge in [-0.2, -0.15) is 0 Å². The van der Waals surface area contributed by atoms with Crippen LogP contribution in [0.4, 0.5) is 5.69 Å². The maximum Gasteiger partial charge on any atom is 0.261 e. The molecule has 1 atom stereocenters. The normalized spacial score (nSPS) is 15.7. The van der Waals surface area contributed by atoms with Crippen molar-refractivity contribution in [3.8, 4) is 0 Å². The summed E-state index contributed by atoms with van der Waals surface area (Å²) in [5.74, 6) is -0.637. The molecule has 0 saturated heterocycles. The van der Waals surface area contributed by atoms with E-state index in [0.29, 0.717) is 34.8 Å². The number of hydrogen-bond donors (Lipinski definition) is 2. The summed E-state index contributed by atoms with van der Waals surface area (Å²) in [7, 11) is 0. The van der Waals surface area contributed by atoms with Crippen molar-refractivity contribution in [1.29, 1.82) is 0 Å². The number of rotatable bonds is 3. The maximum atomic E-state index is 12.7. The topological polar surface area (TPSA) is 79.0 Å². The van der Waals surface area contributed by atoms with Crippen molar-refractivity contribution in [2.45, 2.75) is 25.7 Å². The second-order valence-electron chi connectivity index (χ2n) is 7.26. The number of hydrogen-bond acceptors (Lipinski definition) is 3. The molecule has 0 spiro atoms. The summed E-state index contributed by atoms with van der Waals surface area (Å²) in [5, 5.41) is 3.19. The van der Waals surface area contributed by atoms with Gasteiger partial charge in [-0.3, -0.25) is 14.4 Å². The highest BCUT2D eigenvalue weighted by Gasteiger charge is 2.28. The molecular weight excluding hydrogens is 388 g/mol. The molecule has 3 aromatic rings. The van der Waals surface area contributed by atoms with Gasteiger partial charge in [0.05, 0.1) is 0 Å². The summed E-state index contributed by atoms with van der Waals surface area (Å²) in [5.41, 5.74) is 2.79. The third-order valence-corrected chi connectivity index (χ3v) is 5.50. The van der Waals surface area contributed by atoms with Crippen LogP contribution < -0.4 is 10.9 Å². The monoisotopic (exact) mass is 406 g/mol. The van der Waals surface area contributed by atoms with Crippen molar-refractivity contribution in [3.63, 3.8) is 0 Å². The molecule has 1 aliphatic rings. The molecule has 0 radical (unpaired) electrons. The Hall–Kier alpha value is -3.18. The number of carbonyl (C=O) groups is 2. The number of aromatic amines is 1. The molecule has 2 N–H and O–H groups in total. The number of nitrogens with one attached hydrogen (secondary N) is 2. The molecule has 6 heteroatoms. The lowest BCUT2D eigenvalue weighted by Gasteiger charge is -2.24. The summed E-state index contributed by atoms with van der Waals surface area (Å²) in [6, 6.07) is 16.3. The summed E-state index contributed by atoms with van der Waals surface area (Å²) in [4.78, 5) is 40.8. The Morgan fingerprint density at radius 1 is 1.07 bits per heavy atom. The summed E-state index contributed by atoms with van der Waals surface area (Å²) in [6.07, 6.45) is 0.896. The van der Waals surface area contributed by atoms with Crippen LogP contribution in [-0.2, 0) is 6.42 Å². The van der Waals surface area contributed by atoms with Crippen LogP contribution in [-0.4, -0.2) is 16.7 Å². The SMILES string of the molecule is Cc1ccc(Cl)cc1NC(=O)c1cc2c([nH]c1=O)C[C@@H](c1ccccc1)CC2=O.